The van der Waals surface area contributed by atoms with Crippen molar-refractivity contribution in [3.63, 3.8) is 0 Å². The van der Waals surface area contributed by atoms with Crippen LogP contribution in [0.3, 0.4) is 0 Å². The Labute approximate surface area is 146 Å². The SMILES string of the molecule is Cn1nnc2c1[C@@H](COCc1ccccn1)CN(Cc1ccco1)C2. The fourth-order valence-corrected chi connectivity index (χ4v) is 3.36. The zero-order valence-electron chi connectivity index (χ0n) is 14.2. The zero-order valence-corrected chi connectivity index (χ0v) is 14.2. The average molecular weight is 339 g/mol. The molecule has 1 aliphatic rings. The molecular formula is C18H21N5O2. The number of hydrogen-bond acceptors (Lipinski definition) is 6. The lowest BCUT2D eigenvalue weighted by molar-refractivity contribution is 0.0796. The van der Waals surface area contributed by atoms with Crippen molar-refractivity contribution in [2.75, 3.05) is 13.2 Å². The molecule has 4 rings (SSSR count). The number of hydrogen-bond donors (Lipinski definition) is 0. The Balaban J connectivity index is 1.44. The third kappa shape index (κ3) is 3.62. The minimum atomic E-state index is 0.224. The molecule has 0 saturated carbocycles. The second-order valence-corrected chi connectivity index (χ2v) is 6.33. The van der Waals surface area contributed by atoms with Crippen LogP contribution in [0, 0.1) is 0 Å². The number of aryl methyl sites for hydroxylation is 1. The van der Waals surface area contributed by atoms with E-state index in [2.05, 4.69) is 20.2 Å². The normalized spacial score (nSPS) is 17.6. The standard InChI is InChI=1S/C18H21N5O2/c1-22-18-14(12-24-13-15-5-2-3-7-19-15)9-23(11-17(18)20-21-22)10-16-6-4-8-25-16/h2-8,14H,9-13H2,1H3/t14-/m1/s1. The minimum absolute atomic E-state index is 0.224. The average Bonchev–Trinajstić information content (AvgIpc) is 3.26. The largest absolute Gasteiger partial charge is 0.468 e. The summed E-state index contributed by atoms with van der Waals surface area (Å²) < 4.78 is 13.3. The molecule has 25 heavy (non-hydrogen) atoms. The van der Waals surface area contributed by atoms with Gasteiger partial charge in [-0.05, 0) is 24.3 Å². The third-order valence-electron chi connectivity index (χ3n) is 4.44. The van der Waals surface area contributed by atoms with Crippen LogP contribution in [0.2, 0.25) is 0 Å². The smallest absolute Gasteiger partial charge is 0.117 e. The number of ether oxygens (including phenoxy) is 1. The zero-order chi connectivity index (χ0) is 17.1. The molecule has 130 valence electrons. The van der Waals surface area contributed by atoms with E-state index in [1.54, 1.807) is 12.5 Å². The van der Waals surface area contributed by atoms with Gasteiger partial charge in [-0.2, -0.15) is 0 Å². The molecule has 1 atom stereocenters. The Morgan fingerprint density at radius 1 is 1.28 bits per heavy atom. The van der Waals surface area contributed by atoms with E-state index in [4.69, 9.17) is 9.15 Å². The topological polar surface area (TPSA) is 69.2 Å². The first-order chi connectivity index (χ1) is 12.3. The van der Waals surface area contributed by atoms with E-state index < -0.39 is 0 Å². The Bertz CT molecular complexity index is 800. The van der Waals surface area contributed by atoms with Crippen LogP contribution >= 0.6 is 0 Å². The van der Waals surface area contributed by atoms with Crippen molar-refractivity contribution in [2.24, 2.45) is 7.05 Å². The molecular weight excluding hydrogens is 318 g/mol. The molecule has 3 aromatic rings. The van der Waals surface area contributed by atoms with E-state index in [-0.39, 0.29) is 5.92 Å². The molecule has 0 aliphatic carbocycles. The summed E-state index contributed by atoms with van der Waals surface area (Å²) in [4.78, 5) is 6.62. The van der Waals surface area contributed by atoms with Crippen LogP contribution in [-0.4, -0.2) is 38.0 Å². The van der Waals surface area contributed by atoms with Gasteiger partial charge < -0.3 is 9.15 Å². The lowest BCUT2D eigenvalue weighted by Gasteiger charge is -2.31. The number of pyridine rings is 1. The highest BCUT2D eigenvalue weighted by atomic mass is 16.5. The highest BCUT2D eigenvalue weighted by Crippen LogP contribution is 2.28. The van der Waals surface area contributed by atoms with Gasteiger partial charge in [-0.3, -0.25) is 14.6 Å². The molecule has 0 radical (unpaired) electrons. The van der Waals surface area contributed by atoms with Gasteiger partial charge in [0.25, 0.3) is 0 Å². The van der Waals surface area contributed by atoms with E-state index >= 15 is 0 Å². The third-order valence-corrected chi connectivity index (χ3v) is 4.44. The molecule has 0 N–H and O–H groups in total. The quantitative estimate of drug-likeness (QED) is 0.685. The van der Waals surface area contributed by atoms with Crippen LogP contribution in [0.1, 0.15) is 28.8 Å². The fourth-order valence-electron chi connectivity index (χ4n) is 3.36. The minimum Gasteiger partial charge on any atom is -0.468 e. The van der Waals surface area contributed by atoms with Crippen molar-refractivity contribution in [3.8, 4) is 0 Å². The van der Waals surface area contributed by atoms with Crippen molar-refractivity contribution in [2.45, 2.75) is 25.6 Å². The van der Waals surface area contributed by atoms with Crippen molar-refractivity contribution in [1.82, 2.24) is 24.9 Å². The summed E-state index contributed by atoms with van der Waals surface area (Å²) in [7, 11) is 1.94. The second-order valence-electron chi connectivity index (χ2n) is 6.33. The molecule has 7 heteroatoms. The molecule has 1 aliphatic heterocycles. The predicted octanol–water partition coefficient (Wildman–Crippen LogP) is 2.12. The predicted molar refractivity (Wildman–Crippen MR) is 90.5 cm³/mol. The van der Waals surface area contributed by atoms with Gasteiger partial charge in [0.2, 0.25) is 0 Å². The lowest BCUT2D eigenvalue weighted by atomic mass is 9.99. The van der Waals surface area contributed by atoms with Crippen molar-refractivity contribution in [1.29, 1.82) is 0 Å². The first kappa shape index (κ1) is 16.0. The van der Waals surface area contributed by atoms with Gasteiger partial charge in [-0.25, -0.2) is 0 Å². The van der Waals surface area contributed by atoms with Crippen LogP contribution in [0.15, 0.2) is 47.2 Å². The maximum absolute atomic E-state index is 5.94. The Hall–Kier alpha value is -2.51. The highest BCUT2D eigenvalue weighted by Gasteiger charge is 2.30. The Kier molecular flexibility index (Phi) is 4.58. The van der Waals surface area contributed by atoms with Crippen molar-refractivity contribution in [3.05, 3.63) is 65.6 Å². The van der Waals surface area contributed by atoms with Gasteiger partial charge >= 0.3 is 0 Å². The van der Waals surface area contributed by atoms with E-state index in [9.17, 15) is 0 Å². The number of fused-ring (bicyclic) bond motifs is 1. The summed E-state index contributed by atoms with van der Waals surface area (Å²) >= 11 is 0. The molecule has 0 spiro atoms. The van der Waals surface area contributed by atoms with Gasteiger partial charge in [0.1, 0.15) is 11.5 Å². The molecule has 0 saturated heterocycles. The molecule has 0 fully saturated rings. The summed E-state index contributed by atoms with van der Waals surface area (Å²) in [6.45, 7) is 3.55. The van der Waals surface area contributed by atoms with Crippen LogP contribution < -0.4 is 0 Å². The molecule has 4 heterocycles. The maximum atomic E-state index is 5.94. The monoisotopic (exact) mass is 339 g/mol. The number of furan rings is 1. The Morgan fingerprint density at radius 2 is 2.24 bits per heavy atom. The first-order valence-corrected chi connectivity index (χ1v) is 8.40. The van der Waals surface area contributed by atoms with Gasteiger partial charge in [-0.1, -0.05) is 11.3 Å². The van der Waals surface area contributed by atoms with E-state index in [1.807, 2.05) is 42.1 Å². The van der Waals surface area contributed by atoms with Crippen molar-refractivity contribution >= 4 is 0 Å². The van der Waals surface area contributed by atoms with Crippen LogP contribution in [-0.2, 0) is 31.5 Å². The summed E-state index contributed by atoms with van der Waals surface area (Å²) in [5.74, 6) is 1.18. The molecule has 0 unspecified atom stereocenters. The summed E-state index contributed by atoms with van der Waals surface area (Å²) in [5.41, 5.74) is 3.12. The summed E-state index contributed by atoms with van der Waals surface area (Å²) in [6.07, 6.45) is 3.49. The van der Waals surface area contributed by atoms with E-state index in [0.29, 0.717) is 13.2 Å². The summed E-state index contributed by atoms with van der Waals surface area (Å²) in [5, 5.41) is 8.52. The first-order valence-electron chi connectivity index (χ1n) is 8.40. The number of rotatable bonds is 6. The molecule has 0 aromatic carbocycles. The lowest BCUT2D eigenvalue weighted by Crippen LogP contribution is -2.35. The molecule has 7 nitrogen and oxygen atoms in total. The number of nitrogens with zero attached hydrogens (tertiary/aromatic N) is 5. The van der Waals surface area contributed by atoms with Crippen LogP contribution in [0.4, 0.5) is 0 Å². The highest BCUT2D eigenvalue weighted by molar-refractivity contribution is 5.20. The van der Waals surface area contributed by atoms with Gasteiger partial charge in [0.05, 0.1) is 37.4 Å². The van der Waals surface area contributed by atoms with E-state index in [0.717, 1.165) is 42.5 Å². The van der Waals surface area contributed by atoms with Gasteiger partial charge in [-0.15, -0.1) is 5.10 Å². The molecule has 0 bridgehead atoms. The summed E-state index contributed by atoms with van der Waals surface area (Å²) in [6, 6.07) is 9.77. The van der Waals surface area contributed by atoms with Gasteiger partial charge in [0.15, 0.2) is 0 Å². The molecule has 3 aromatic heterocycles. The van der Waals surface area contributed by atoms with E-state index in [1.165, 1.54) is 0 Å². The van der Waals surface area contributed by atoms with Crippen molar-refractivity contribution < 1.29 is 9.15 Å². The van der Waals surface area contributed by atoms with Gasteiger partial charge in [0, 0.05) is 32.3 Å². The molecule has 0 amide bonds. The second kappa shape index (κ2) is 7.16. The maximum Gasteiger partial charge on any atom is 0.117 e. The van der Waals surface area contributed by atoms with Crippen LogP contribution in [0.5, 0.6) is 0 Å². The number of aromatic nitrogens is 4. The van der Waals surface area contributed by atoms with Crippen LogP contribution in [0.25, 0.3) is 0 Å². The fraction of sp³-hybridized carbons (Fsp3) is 0.389. The Morgan fingerprint density at radius 3 is 3.04 bits per heavy atom.